The van der Waals surface area contributed by atoms with Gasteiger partial charge in [-0.25, -0.2) is 4.39 Å². The first kappa shape index (κ1) is 11.3. The lowest BCUT2D eigenvalue weighted by molar-refractivity contribution is 0.333. The highest BCUT2D eigenvalue weighted by atomic mass is 35.5. The van der Waals surface area contributed by atoms with Crippen molar-refractivity contribution in [1.29, 1.82) is 0 Å². The normalized spacial score (nSPS) is 12.6. The molecular formula is C10H13ClFNO. The van der Waals surface area contributed by atoms with Crippen molar-refractivity contribution in [2.75, 3.05) is 13.7 Å². The summed E-state index contributed by atoms with van der Waals surface area (Å²) in [7, 11) is 1.54. The van der Waals surface area contributed by atoms with Crippen LogP contribution in [0, 0.1) is 0 Å². The molecule has 0 aliphatic heterocycles. The molecule has 1 aromatic rings. The lowest BCUT2D eigenvalue weighted by atomic mass is 10.1. The zero-order chi connectivity index (χ0) is 10.6. The molecule has 1 rings (SSSR count). The highest BCUT2D eigenvalue weighted by Crippen LogP contribution is 2.24. The molecule has 0 saturated heterocycles. The Morgan fingerprint density at radius 1 is 1.57 bits per heavy atom. The van der Waals surface area contributed by atoms with Gasteiger partial charge in [0.25, 0.3) is 0 Å². The Balaban J connectivity index is 2.87. The maximum absolute atomic E-state index is 13.0. The van der Waals surface area contributed by atoms with Gasteiger partial charge in [0.15, 0.2) is 0 Å². The molecule has 0 spiro atoms. The third-order valence-electron chi connectivity index (χ3n) is 1.94. The Morgan fingerprint density at radius 2 is 2.29 bits per heavy atom. The second-order valence-corrected chi connectivity index (χ2v) is 3.43. The lowest BCUT2D eigenvalue weighted by Gasteiger charge is -2.10. The monoisotopic (exact) mass is 217 g/mol. The van der Waals surface area contributed by atoms with E-state index in [1.54, 1.807) is 25.3 Å². The van der Waals surface area contributed by atoms with Crippen molar-refractivity contribution in [3.8, 4) is 5.75 Å². The predicted molar refractivity (Wildman–Crippen MR) is 55.7 cm³/mol. The molecule has 2 nitrogen and oxygen atoms in total. The Bertz CT molecular complexity index is 306. The van der Waals surface area contributed by atoms with Crippen molar-refractivity contribution in [1.82, 2.24) is 0 Å². The SMILES string of the molecule is COc1ccc(Cl)cc1CC(F)CN. The summed E-state index contributed by atoms with van der Waals surface area (Å²) >= 11 is 5.79. The fourth-order valence-electron chi connectivity index (χ4n) is 1.23. The van der Waals surface area contributed by atoms with Crippen molar-refractivity contribution in [3.63, 3.8) is 0 Å². The van der Waals surface area contributed by atoms with Crippen LogP contribution in [0.3, 0.4) is 0 Å². The lowest BCUT2D eigenvalue weighted by Crippen LogP contribution is -2.17. The summed E-state index contributed by atoms with van der Waals surface area (Å²) in [6, 6.07) is 5.13. The third-order valence-corrected chi connectivity index (χ3v) is 2.17. The van der Waals surface area contributed by atoms with Crippen LogP contribution in [0.2, 0.25) is 5.02 Å². The summed E-state index contributed by atoms with van der Waals surface area (Å²) in [6.45, 7) is 0.00959. The second-order valence-electron chi connectivity index (χ2n) is 2.99. The average molecular weight is 218 g/mol. The minimum absolute atomic E-state index is 0.00959. The molecular weight excluding hydrogens is 205 g/mol. The maximum Gasteiger partial charge on any atom is 0.122 e. The molecule has 0 bridgehead atoms. The van der Waals surface area contributed by atoms with Gasteiger partial charge in [0.2, 0.25) is 0 Å². The van der Waals surface area contributed by atoms with E-state index in [1.807, 2.05) is 0 Å². The molecule has 0 fully saturated rings. The van der Waals surface area contributed by atoms with Crippen LogP contribution >= 0.6 is 11.6 Å². The number of rotatable bonds is 4. The van der Waals surface area contributed by atoms with E-state index in [0.29, 0.717) is 10.8 Å². The van der Waals surface area contributed by atoms with Crippen LogP contribution < -0.4 is 10.5 Å². The van der Waals surface area contributed by atoms with Gasteiger partial charge in [-0.2, -0.15) is 0 Å². The van der Waals surface area contributed by atoms with Crippen LogP contribution in [-0.4, -0.2) is 19.8 Å². The molecule has 78 valence electrons. The van der Waals surface area contributed by atoms with Crippen LogP contribution in [0.15, 0.2) is 18.2 Å². The summed E-state index contributed by atoms with van der Waals surface area (Å²) in [6.07, 6.45) is -0.817. The Hall–Kier alpha value is -0.800. The second kappa shape index (κ2) is 5.17. The minimum Gasteiger partial charge on any atom is -0.496 e. The van der Waals surface area contributed by atoms with Gasteiger partial charge >= 0.3 is 0 Å². The molecule has 0 aliphatic rings. The molecule has 2 N–H and O–H groups in total. The molecule has 4 heteroatoms. The molecule has 0 amide bonds. The number of hydrogen-bond donors (Lipinski definition) is 1. The number of alkyl halides is 1. The van der Waals surface area contributed by atoms with E-state index in [2.05, 4.69) is 0 Å². The molecule has 14 heavy (non-hydrogen) atoms. The van der Waals surface area contributed by atoms with Crippen LogP contribution in [0.4, 0.5) is 4.39 Å². The molecule has 0 saturated carbocycles. The molecule has 0 radical (unpaired) electrons. The number of benzene rings is 1. The van der Waals surface area contributed by atoms with E-state index in [1.165, 1.54) is 0 Å². The Kier molecular flexibility index (Phi) is 4.17. The summed E-state index contributed by atoms with van der Waals surface area (Å²) in [5.74, 6) is 0.644. The van der Waals surface area contributed by atoms with Crippen molar-refractivity contribution in [2.45, 2.75) is 12.6 Å². The molecule has 0 aromatic heterocycles. The van der Waals surface area contributed by atoms with Gasteiger partial charge < -0.3 is 10.5 Å². The first-order chi connectivity index (χ1) is 6.67. The molecule has 0 aliphatic carbocycles. The van der Waals surface area contributed by atoms with Gasteiger partial charge in [-0.05, 0) is 23.8 Å². The van der Waals surface area contributed by atoms with E-state index in [4.69, 9.17) is 22.1 Å². The minimum atomic E-state index is -1.05. The van der Waals surface area contributed by atoms with Crippen molar-refractivity contribution < 1.29 is 9.13 Å². The summed E-state index contributed by atoms with van der Waals surface area (Å²) in [5.41, 5.74) is 5.95. The number of halogens is 2. The molecule has 1 unspecified atom stereocenters. The highest BCUT2D eigenvalue weighted by Gasteiger charge is 2.10. The first-order valence-electron chi connectivity index (χ1n) is 4.34. The van der Waals surface area contributed by atoms with Crippen molar-refractivity contribution >= 4 is 11.6 Å². The van der Waals surface area contributed by atoms with Crippen LogP contribution in [-0.2, 0) is 6.42 Å². The molecule has 1 aromatic carbocycles. The van der Waals surface area contributed by atoms with E-state index in [0.717, 1.165) is 5.56 Å². The Labute approximate surface area is 87.8 Å². The summed E-state index contributed by atoms with van der Waals surface area (Å²) < 4.78 is 18.1. The van der Waals surface area contributed by atoms with E-state index < -0.39 is 6.17 Å². The summed E-state index contributed by atoms with van der Waals surface area (Å²) in [4.78, 5) is 0. The topological polar surface area (TPSA) is 35.2 Å². The quantitative estimate of drug-likeness (QED) is 0.839. The number of methoxy groups -OCH3 is 1. The van der Waals surface area contributed by atoms with Gasteiger partial charge in [-0.15, -0.1) is 0 Å². The van der Waals surface area contributed by atoms with Gasteiger partial charge in [0.05, 0.1) is 7.11 Å². The third kappa shape index (κ3) is 2.86. The zero-order valence-electron chi connectivity index (χ0n) is 7.97. The van der Waals surface area contributed by atoms with E-state index in [-0.39, 0.29) is 13.0 Å². The number of hydrogen-bond acceptors (Lipinski definition) is 2. The fraction of sp³-hybridized carbons (Fsp3) is 0.400. The van der Waals surface area contributed by atoms with Gasteiger partial charge in [-0.3, -0.25) is 0 Å². The van der Waals surface area contributed by atoms with Crippen LogP contribution in [0.5, 0.6) is 5.75 Å². The number of nitrogens with two attached hydrogens (primary N) is 1. The van der Waals surface area contributed by atoms with Gasteiger partial charge in [0.1, 0.15) is 11.9 Å². The van der Waals surface area contributed by atoms with Crippen molar-refractivity contribution in [3.05, 3.63) is 28.8 Å². The highest BCUT2D eigenvalue weighted by molar-refractivity contribution is 6.30. The smallest absolute Gasteiger partial charge is 0.122 e. The van der Waals surface area contributed by atoms with Gasteiger partial charge in [0, 0.05) is 18.0 Å². The van der Waals surface area contributed by atoms with E-state index >= 15 is 0 Å². The summed E-state index contributed by atoms with van der Waals surface area (Å²) in [5, 5.41) is 0.574. The van der Waals surface area contributed by atoms with Gasteiger partial charge in [-0.1, -0.05) is 11.6 Å². The number of ether oxygens (including phenoxy) is 1. The zero-order valence-corrected chi connectivity index (χ0v) is 8.72. The maximum atomic E-state index is 13.0. The molecule has 1 atom stereocenters. The Morgan fingerprint density at radius 3 is 2.86 bits per heavy atom. The van der Waals surface area contributed by atoms with Crippen LogP contribution in [0.1, 0.15) is 5.56 Å². The predicted octanol–water partition coefficient (Wildman–Crippen LogP) is 2.19. The first-order valence-corrected chi connectivity index (χ1v) is 4.71. The molecule has 0 heterocycles. The largest absolute Gasteiger partial charge is 0.496 e. The van der Waals surface area contributed by atoms with Crippen LogP contribution in [0.25, 0.3) is 0 Å². The standard InChI is InChI=1S/C10H13ClFNO/c1-14-10-3-2-8(11)4-7(10)5-9(12)6-13/h2-4,9H,5-6,13H2,1H3. The average Bonchev–Trinajstić information content (AvgIpc) is 2.18. The fourth-order valence-corrected chi connectivity index (χ4v) is 1.42. The van der Waals surface area contributed by atoms with Crippen molar-refractivity contribution in [2.24, 2.45) is 5.73 Å². The van der Waals surface area contributed by atoms with E-state index in [9.17, 15) is 4.39 Å².